The Balaban J connectivity index is 1.81. The van der Waals surface area contributed by atoms with Gasteiger partial charge in [0.15, 0.2) is 0 Å². The van der Waals surface area contributed by atoms with Gasteiger partial charge in [0.1, 0.15) is 5.75 Å². The predicted octanol–water partition coefficient (Wildman–Crippen LogP) is 2.65. The zero-order valence-corrected chi connectivity index (χ0v) is 12.2. The largest absolute Gasteiger partial charge is 0.497 e. The molecule has 0 bridgehead atoms. The van der Waals surface area contributed by atoms with Gasteiger partial charge in [-0.15, -0.1) is 0 Å². The predicted molar refractivity (Wildman–Crippen MR) is 79.3 cm³/mol. The van der Waals surface area contributed by atoms with E-state index in [0.717, 1.165) is 25.4 Å². The van der Waals surface area contributed by atoms with Gasteiger partial charge in [0.2, 0.25) is 0 Å². The molecule has 1 fully saturated rings. The van der Waals surface area contributed by atoms with Crippen LogP contribution in [0.4, 0.5) is 0 Å². The summed E-state index contributed by atoms with van der Waals surface area (Å²) in [6, 6.07) is 8.30. The highest BCUT2D eigenvalue weighted by molar-refractivity contribution is 5.28. The molecule has 0 aliphatic heterocycles. The van der Waals surface area contributed by atoms with Gasteiger partial charge in [-0.2, -0.15) is 0 Å². The molecule has 1 aliphatic carbocycles. The van der Waals surface area contributed by atoms with Crippen molar-refractivity contribution in [1.82, 2.24) is 4.90 Å². The minimum absolute atomic E-state index is 0.447. The average Bonchev–Trinajstić information content (AvgIpc) is 2.38. The third-order valence-corrected chi connectivity index (χ3v) is 4.46. The second-order valence-corrected chi connectivity index (χ2v) is 5.90. The Morgan fingerprint density at radius 1 is 1.37 bits per heavy atom. The van der Waals surface area contributed by atoms with E-state index in [2.05, 4.69) is 30.1 Å². The number of nitrogens with zero attached hydrogens (tertiary/aromatic N) is 1. The fourth-order valence-electron chi connectivity index (χ4n) is 2.82. The first kappa shape index (κ1) is 14.4. The Labute approximate surface area is 116 Å². The van der Waals surface area contributed by atoms with Crippen LogP contribution < -0.4 is 10.5 Å². The summed E-state index contributed by atoms with van der Waals surface area (Å²) in [6.07, 6.45) is 5.22. The molecule has 0 heterocycles. The molecule has 0 spiro atoms. The topological polar surface area (TPSA) is 38.5 Å². The van der Waals surface area contributed by atoms with E-state index < -0.39 is 0 Å². The van der Waals surface area contributed by atoms with Crippen molar-refractivity contribution in [3.05, 3.63) is 29.8 Å². The number of hydrogen-bond donors (Lipinski definition) is 1. The van der Waals surface area contributed by atoms with Gasteiger partial charge in [-0.3, -0.25) is 0 Å². The number of rotatable bonds is 7. The second kappa shape index (κ2) is 6.40. The quantitative estimate of drug-likeness (QED) is 0.821. The van der Waals surface area contributed by atoms with Gasteiger partial charge in [0, 0.05) is 6.54 Å². The first-order chi connectivity index (χ1) is 9.17. The van der Waals surface area contributed by atoms with Gasteiger partial charge in [-0.1, -0.05) is 18.6 Å². The number of methoxy groups -OCH3 is 1. The van der Waals surface area contributed by atoms with Gasteiger partial charge in [0.25, 0.3) is 0 Å². The van der Waals surface area contributed by atoms with Crippen LogP contribution in [-0.2, 0) is 6.54 Å². The van der Waals surface area contributed by atoms with Crippen molar-refractivity contribution in [2.75, 3.05) is 27.2 Å². The van der Waals surface area contributed by atoms with Gasteiger partial charge >= 0.3 is 0 Å². The molecule has 2 rings (SSSR count). The van der Waals surface area contributed by atoms with Gasteiger partial charge in [0.05, 0.1) is 7.11 Å². The van der Waals surface area contributed by atoms with E-state index in [1.54, 1.807) is 7.11 Å². The molecule has 3 heteroatoms. The van der Waals surface area contributed by atoms with Crippen molar-refractivity contribution in [2.24, 2.45) is 11.1 Å². The first-order valence-electron chi connectivity index (χ1n) is 7.19. The van der Waals surface area contributed by atoms with Crippen molar-refractivity contribution >= 4 is 0 Å². The van der Waals surface area contributed by atoms with Crippen molar-refractivity contribution in [1.29, 1.82) is 0 Å². The van der Waals surface area contributed by atoms with Crippen LogP contribution in [0.3, 0.4) is 0 Å². The molecule has 0 saturated heterocycles. The lowest BCUT2D eigenvalue weighted by Gasteiger charge is -2.42. The molecule has 2 N–H and O–H groups in total. The Bertz CT molecular complexity index is 396. The zero-order chi connectivity index (χ0) is 13.7. The molecule has 1 aliphatic rings. The molecule has 0 radical (unpaired) electrons. The summed E-state index contributed by atoms with van der Waals surface area (Å²) >= 11 is 0. The number of benzene rings is 1. The van der Waals surface area contributed by atoms with E-state index in [4.69, 9.17) is 10.5 Å². The Kier molecular flexibility index (Phi) is 4.83. The highest BCUT2D eigenvalue weighted by Gasteiger charge is 2.35. The van der Waals surface area contributed by atoms with Gasteiger partial charge in [-0.05, 0) is 62.5 Å². The smallest absolute Gasteiger partial charge is 0.119 e. The van der Waals surface area contributed by atoms with Crippen LogP contribution in [0.1, 0.15) is 31.2 Å². The first-order valence-corrected chi connectivity index (χ1v) is 7.19. The molecular weight excluding hydrogens is 236 g/mol. The summed E-state index contributed by atoms with van der Waals surface area (Å²) in [7, 11) is 3.90. The van der Waals surface area contributed by atoms with Crippen LogP contribution >= 0.6 is 0 Å². The molecule has 0 amide bonds. The maximum absolute atomic E-state index is 5.91. The maximum Gasteiger partial charge on any atom is 0.119 e. The van der Waals surface area contributed by atoms with Gasteiger partial charge < -0.3 is 15.4 Å². The maximum atomic E-state index is 5.91. The van der Waals surface area contributed by atoms with Crippen molar-refractivity contribution in [3.63, 3.8) is 0 Å². The second-order valence-electron chi connectivity index (χ2n) is 5.90. The Hall–Kier alpha value is -1.06. The van der Waals surface area contributed by atoms with E-state index in [1.165, 1.54) is 31.2 Å². The zero-order valence-electron chi connectivity index (χ0n) is 12.2. The highest BCUT2D eigenvalue weighted by Crippen LogP contribution is 2.42. The minimum atomic E-state index is 0.447. The third-order valence-electron chi connectivity index (χ3n) is 4.46. The minimum Gasteiger partial charge on any atom is -0.497 e. The molecule has 0 atom stereocenters. The standard InChI is InChI=1S/C16H26N2O/c1-18(10-9-16(13-17)7-4-8-16)12-14-5-3-6-15(11-14)19-2/h3,5-6,11H,4,7-10,12-13,17H2,1-2H3. The number of nitrogens with two attached hydrogens (primary N) is 1. The molecule has 19 heavy (non-hydrogen) atoms. The molecule has 3 nitrogen and oxygen atoms in total. The summed E-state index contributed by atoms with van der Waals surface area (Å²) in [4.78, 5) is 2.38. The lowest BCUT2D eigenvalue weighted by atomic mass is 9.66. The molecule has 1 saturated carbocycles. The van der Waals surface area contributed by atoms with Crippen LogP contribution in [0.5, 0.6) is 5.75 Å². The monoisotopic (exact) mass is 262 g/mol. The van der Waals surface area contributed by atoms with Crippen LogP contribution in [0.15, 0.2) is 24.3 Å². The molecule has 1 aromatic rings. The summed E-state index contributed by atoms with van der Waals surface area (Å²) in [6.45, 7) is 2.94. The third kappa shape index (κ3) is 3.71. The van der Waals surface area contributed by atoms with Crippen molar-refractivity contribution in [2.45, 2.75) is 32.2 Å². The van der Waals surface area contributed by atoms with Crippen LogP contribution in [0.25, 0.3) is 0 Å². The fourth-order valence-corrected chi connectivity index (χ4v) is 2.82. The summed E-state index contributed by atoms with van der Waals surface area (Å²) in [5, 5.41) is 0. The van der Waals surface area contributed by atoms with Crippen LogP contribution in [-0.4, -0.2) is 32.1 Å². The van der Waals surface area contributed by atoms with Crippen LogP contribution in [0.2, 0.25) is 0 Å². The SMILES string of the molecule is COc1cccc(CN(C)CCC2(CN)CCC2)c1. The normalized spacial score (nSPS) is 17.3. The van der Waals surface area contributed by atoms with E-state index in [-0.39, 0.29) is 0 Å². The Morgan fingerprint density at radius 3 is 2.74 bits per heavy atom. The summed E-state index contributed by atoms with van der Waals surface area (Å²) < 4.78 is 5.26. The molecule has 0 unspecified atom stereocenters. The lowest BCUT2D eigenvalue weighted by molar-refractivity contribution is 0.111. The van der Waals surface area contributed by atoms with E-state index in [0.29, 0.717) is 5.41 Å². The van der Waals surface area contributed by atoms with Crippen LogP contribution in [0, 0.1) is 5.41 Å². The highest BCUT2D eigenvalue weighted by atomic mass is 16.5. The summed E-state index contributed by atoms with van der Waals surface area (Å²) in [5.41, 5.74) is 7.66. The van der Waals surface area contributed by atoms with Gasteiger partial charge in [-0.25, -0.2) is 0 Å². The Morgan fingerprint density at radius 2 is 2.16 bits per heavy atom. The average molecular weight is 262 g/mol. The van der Waals surface area contributed by atoms with Crippen molar-refractivity contribution in [3.8, 4) is 5.75 Å². The number of hydrogen-bond acceptors (Lipinski definition) is 3. The van der Waals surface area contributed by atoms with Crippen molar-refractivity contribution < 1.29 is 4.74 Å². The summed E-state index contributed by atoms with van der Waals surface area (Å²) in [5.74, 6) is 0.934. The fraction of sp³-hybridized carbons (Fsp3) is 0.625. The lowest BCUT2D eigenvalue weighted by Crippen LogP contribution is -2.39. The molecular formula is C16H26N2O. The van der Waals surface area contributed by atoms with E-state index in [9.17, 15) is 0 Å². The molecule has 0 aromatic heterocycles. The molecule has 106 valence electrons. The molecule has 1 aromatic carbocycles. The van der Waals surface area contributed by atoms with E-state index in [1.807, 2.05) is 6.07 Å². The van der Waals surface area contributed by atoms with E-state index >= 15 is 0 Å². The number of ether oxygens (including phenoxy) is 1.